The highest BCUT2D eigenvalue weighted by Gasteiger charge is 2.38. The predicted molar refractivity (Wildman–Crippen MR) is 75.5 cm³/mol. The minimum Gasteiger partial charge on any atom is -0.449 e. The molecule has 21 heavy (non-hydrogen) atoms. The normalized spacial score (nSPS) is 17.4. The Labute approximate surface area is 124 Å². The molecule has 0 spiro atoms. The van der Waals surface area contributed by atoms with Crippen molar-refractivity contribution >= 4 is 17.8 Å². The highest BCUT2D eigenvalue weighted by Crippen LogP contribution is 2.31. The van der Waals surface area contributed by atoms with Crippen molar-refractivity contribution in [3.8, 4) is 0 Å². The molecule has 0 aromatic rings. The fraction of sp³-hybridized carbons (Fsp3) is 0.786. The number of unbranched alkanes of at least 4 members (excludes halogenated alkanes) is 1. The average molecular weight is 300 g/mol. The number of nitrogens with one attached hydrogen (secondary N) is 1. The minimum absolute atomic E-state index is 0.121. The molecule has 1 heterocycles. The first-order valence-corrected chi connectivity index (χ1v) is 7.29. The lowest BCUT2D eigenvalue weighted by atomic mass is 9.84. The highest BCUT2D eigenvalue weighted by molar-refractivity contribution is 6.37. The average Bonchev–Trinajstić information content (AvgIpc) is 2.41. The Morgan fingerprint density at radius 1 is 1.33 bits per heavy atom. The van der Waals surface area contributed by atoms with Gasteiger partial charge in [0.15, 0.2) is 0 Å². The third kappa shape index (κ3) is 5.00. The van der Waals surface area contributed by atoms with Crippen molar-refractivity contribution < 1.29 is 23.9 Å². The van der Waals surface area contributed by atoms with E-state index in [0.29, 0.717) is 26.1 Å². The Balaban J connectivity index is 2.47. The molecular formula is C14H24N2O5. The van der Waals surface area contributed by atoms with Crippen LogP contribution in [-0.2, 0) is 19.1 Å². The summed E-state index contributed by atoms with van der Waals surface area (Å²) in [5.74, 6) is -1.84. The van der Waals surface area contributed by atoms with Crippen molar-refractivity contribution in [3.05, 3.63) is 0 Å². The number of rotatable bonds is 9. The molecule has 0 radical (unpaired) electrons. The number of carbonyl (C=O) groups is 3. The van der Waals surface area contributed by atoms with E-state index >= 15 is 0 Å². The van der Waals surface area contributed by atoms with Crippen LogP contribution in [0.1, 0.15) is 39.5 Å². The van der Waals surface area contributed by atoms with Crippen LogP contribution >= 0.6 is 0 Å². The van der Waals surface area contributed by atoms with Crippen LogP contribution in [0.15, 0.2) is 0 Å². The third-order valence-corrected chi connectivity index (χ3v) is 3.77. The first kappa shape index (κ1) is 17.4. The van der Waals surface area contributed by atoms with Crippen LogP contribution in [-0.4, -0.2) is 43.6 Å². The van der Waals surface area contributed by atoms with Gasteiger partial charge in [-0.2, -0.15) is 0 Å². The van der Waals surface area contributed by atoms with E-state index in [0.717, 1.165) is 12.8 Å². The summed E-state index contributed by atoms with van der Waals surface area (Å²) < 4.78 is 10.3. The lowest BCUT2D eigenvalue weighted by Gasteiger charge is -2.39. The van der Waals surface area contributed by atoms with Crippen LogP contribution in [0.25, 0.3) is 0 Å². The second-order valence-corrected chi connectivity index (χ2v) is 5.49. The minimum atomic E-state index is -1.05. The van der Waals surface area contributed by atoms with Crippen LogP contribution in [0, 0.1) is 5.41 Å². The monoisotopic (exact) mass is 300 g/mol. The van der Waals surface area contributed by atoms with Gasteiger partial charge in [0.2, 0.25) is 5.78 Å². The molecule has 1 fully saturated rings. The zero-order chi connectivity index (χ0) is 15.9. The first-order chi connectivity index (χ1) is 9.94. The summed E-state index contributed by atoms with van der Waals surface area (Å²) in [5.41, 5.74) is 4.86. The SMILES string of the molecule is CCCC[C@H](NC(=O)OCC1(CC)COC1)C(=O)C(N)=O. The summed E-state index contributed by atoms with van der Waals surface area (Å²) in [7, 11) is 0. The van der Waals surface area contributed by atoms with Crippen molar-refractivity contribution in [1.29, 1.82) is 0 Å². The number of alkyl carbamates (subject to hydrolysis) is 1. The molecule has 1 aliphatic heterocycles. The molecule has 1 rings (SSSR count). The van der Waals surface area contributed by atoms with Gasteiger partial charge in [-0.15, -0.1) is 0 Å². The van der Waals surface area contributed by atoms with E-state index < -0.39 is 23.8 Å². The van der Waals surface area contributed by atoms with Crippen molar-refractivity contribution in [1.82, 2.24) is 5.32 Å². The number of primary amides is 1. The lowest BCUT2D eigenvalue weighted by Crippen LogP contribution is -2.49. The van der Waals surface area contributed by atoms with Gasteiger partial charge < -0.3 is 20.5 Å². The molecule has 7 nitrogen and oxygen atoms in total. The summed E-state index contributed by atoms with van der Waals surface area (Å²) in [4.78, 5) is 34.4. The van der Waals surface area contributed by atoms with Crippen molar-refractivity contribution in [2.45, 2.75) is 45.6 Å². The van der Waals surface area contributed by atoms with Crippen molar-refractivity contribution in [3.63, 3.8) is 0 Å². The molecule has 120 valence electrons. The summed E-state index contributed by atoms with van der Waals surface area (Å²) in [5, 5.41) is 2.43. The molecule has 1 aliphatic rings. The van der Waals surface area contributed by atoms with Crippen LogP contribution in [0.3, 0.4) is 0 Å². The molecule has 0 saturated carbocycles. The number of hydrogen-bond donors (Lipinski definition) is 2. The molecule has 3 N–H and O–H groups in total. The van der Waals surface area contributed by atoms with Crippen molar-refractivity contribution in [2.24, 2.45) is 11.1 Å². The standard InChI is InChI=1S/C14H24N2O5/c1-3-5-6-10(11(17)12(15)18)16-13(19)21-9-14(4-2)7-20-8-14/h10H,3-9H2,1-2H3,(H2,15,18)(H,16,19)/t10-/m0/s1. The summed E-state index contributed by atoms with van der Waals surface area (Å²) in [6.45, 7) is 5.32. The van der Waals surface area contributed by atoms with E-state index in [-0.39, 0.29) is 12.0 Å². The van der Waals surface area contributed by atoms with Crippen LogP contribution < -0.4 is 11.1 Å². The molecule has 0 aliphatic carbocycles. The van der Waals surface area contributed by atoms with Gasteiger partial charge in [0.05, 0.1) is 18.6 Å². The first-order valence-electron chi connectivity index (χ1n) is 7.29. The van der Waals surface area contributed by atoms with Crippen LogP contribution in [0.5, 0.6) is 0 Å². The Kier molecular flexibility index (Phi) is 6.61. The van der Waals surface area contributed by atoms with Crippen molar-refractivity contribution in [2.75, 3.05) is 19.8 Å². The fourth-order valence-electron chi connectivity index (χ4n) is 2.03. The maximum absolute atomic E-state index is 11.8. The van der Waals surface area contributed by atoms with Gasteiger partial charge >= 0.3 is 6.09 Å². The predicted octanol–water partition coefficient (Wildman–Crippen LogP) is 0.752. The van der Waals surface area contributed by atoms with Gasteiger partial charge in [-0.25, -0.2) is 4.79 Å². The third-order valence-electron chi connectivity index (χ3n) is 3.77. The van der Waals surface area contributed by atoms with Gasteiger partial charge in [-0.1, -0.05) is 26.7 Å². The number of carbonyl (C=O) groups excluding carboxylic acids is 3. The van der Waals surface area contributed by atoms with E-state index in [1.165, 1.54) is 0 Å². The molecule has 1 atom stereocenters. The van der Waals surface area contributed by atoms with Crippen LogP contribution in [0.2, 0.25) is 0 Å². The molecule has 1 saturated heterocycles. The smallest absolute Gasteiger partial charge is 0.407 e. The molecule has 0 bridgehead atoms. The number of ketones is 1. The quantitative estimate of drug-likeness (QED) is 0.611. The van der Waals surface area contributed by atoms with E-state index in [9.17, 15) is 14.4 Å². The van der Waals surface area contributed by atoms with Crippen LogP contribution in [0.4, 0.5) is 4.79 Å². The molecule has 0 aromatic carbocycles. The van der Waals surface area contributed by atoms with Gasteiger partial charge in [-0.3, -0.25) is 9.59 Å². The zero-order valence-corrected chi connectivity index (χ0v) is 12.6. The van der Waals surface area contributed by atoms with Gasteiger partial charge in [0, 0.05) is 0 Å². The molecule has 7 heteroatoms. The van der Waals surface area contributed by atoms with Gasteiger partial charge in [-0.05, 0) is 12.8 Å². The van der Waals surface area contributed by atoms with E-state index in [2.05, 4.69) is 5.32 Å². The largest absolute Gasteiger partial charge is 0.449 e. The fourth-order valence-corrected chi connectivity index (χ4v) is 2.03. The summed E-state index contributed by atoms with van der Waals surface area (Å²) in [6.07, 6.45) is 2.06. The lowest BCUT2D eigenvalue weighted by molar-refractivity contribution is -0.140. The number of nitrogens with two attached hydrogens (primary N) is 1. The Morgan fingerprint density at radius 2 is 2.00 bits per heavy atom. The number of amides is 2. The Hall–Kier alpha value is -1.63. The highest BCUT2D eigenvalue weighted by atomic mass is 16.6. The topological polar surface area (TPSA) is 108 Å². The second kappa shape index (κ2) is 7.97. The number of hydrogen-bond acceptors (Lipinski definition) is 5. The summed E-state index contributed by atoms with van der Waals surface area (Å²) >= 11 is 0. The summed E-state index contributed by atoms with van der Waals surface area (Å²) in [6, 6.07) is -0.912. The van der Waals surface area contributed by atoms with E-state index in [1.807, 2.05) is 13.8 Å². The molecule has 2 amide bonds. The Bertz CT molecular complexity index is 387. The van der Waals surface area contributed by atoms with E-state index in [1.54, 1.807) is 0 Å². The molecule has 0 unspecified atom stereocenters. The van der Waals surface area contributed by atoms with Gasteiger partial charge in [0.25, 0.3) is 5.91 Å². The number of Topliss-reactive ketones (excluding diaryl/α,β-unsaturated/α-hetero) is 1. The maximum Gasteiger partial charge on any atom is 0.407 e. The molecule has 0 aromatic heterocycles. The maximum atomic E-state index is 11.8. The second-order valence-electron chi connectivity index (χ2n) is 5.49. The van der Waals surface area contributed by atoms with Gasteiger partial charge in [0.1, 0.15) is 12.6 Å². The zero-order valence-electron chi connectivity index (χ0n) is 12.6. The van der Waals surface area contributed by atoms with E-state index in [4.69, 9.17) is 15.2 Å². The molecular weight excluding hydrogens is 276 g/mol. The number of ether oxygens (including phenoxy) is 2. The Morgan fingerprint density at radius 3 is 2.43 bits per heavy atom.